The first-order valence-electron chi connectivity index (χ1n) is 8.54. The summed E-state index contributed by atoms with van der Waals surface area (Å²) < 4.78 is 5.77. The van der Waals surface area contributed by atoms with Gasteiger partial charge in [0.05, 0.1) is 12.2 Å². The van der Waals surface area contributed by atoms with E-state index in [2.05, 4.69) is 34.4 Å². The molecule has 2 atom stereocenters. The van der Waals surface area contributed by atoms with Crippen LogP contribution in [0.1, 0.15) is 19.4 Å². The minimum absolute atomic E-state index is 0.222. The molecular weight excluding hydrogens is 316 g/mol. The number of hydrogen-bond donors (Lipinski definition) is 2. The quantitative estimate of drug-likeness (QED) is 0.898. The number of hydrogen-bond acceptors (Lipinski definition) is 4. The van der Waals surface area contributed by atoms with Crippen molar-refractivity contribution < 1.29 is 9.53 Å². The summed E-state index contributed by atoms with van der Waals surface area (Å²) in [4.78, 5) is 18.3. The minimum atomic E-state index is -0.231. The topological polar surface area (TPSA) is 66.5 Å². The van der Waals surface area contributed by atoms with E-state index < -0.39 is 0 Å². The molecular formula is C19H24N4O2. The van der Waals surface area contributed by atoms with E-state index in [0.717, 1.165) is 30.0 Å². The van der Waals surface area contributed by atoms with Gasteiger partial charge in [0.2, 0.25) is 0 Å². The molecule has 1 saturated heterocycles. The maximum Gasteiger partial charge on any atom is 0.319 e. The smallest absolute Gasteiger partial charge is 0.319 e. The third-order valence-electron chi connectivity index (χ3n) is 4.09. The fourth-order valence-electron chi connectivity index (χ4n) is 3.00. The Morgan fingerprint density at radius 3 is 2.56 bits per heavy atom. The van der Waals surface area contributed by atoms with Gasteiger partial charge in [0.15, 0.2) is 0 Å². The first kappa shape index (κ1) is 17.2. The highest BCUT2D eigenvalue weighted by atomic mass is 16.5. The van der Waals surface area contributed by atoms with E-state index >= 15 is 0 Å². The average molecular weight is 340 g/mol. The maximum atomic E-state index is 12.0. The van der Waals surface area contributed by atoms with Crippen LogP contribution in [-0.4, -0.2) is 36.3 Å². The first-order chi connectivity index (χ1) is 12.1. The van der Waals surface area contributed by atoms with Gasteiger partial charge in [-0.05, 0) is 49.7 Å². The number of aromatic nitrogens is 1. The summed E-state index contributed by atoms with van der Waals surface area (Å²) in [6.45, 7) is 6.38. The van der Waals surface area contributed by atoms with Crippen LogP contribution in [-0.2, 0) is 11.3 Å². The van der Waals surface area contributed by atoms with Crippen LogP contribution in [0, 0.1) is 0 Å². The predicted molar refractivity (Wildman–Crippen MR) is 98.8 cm³/mol. The van der Waals surface area contributed by atoms with Crippen LogP contribution in [0.15, 0.2) is 48.8 Å². The maximum absolute atomic E-state index is 12.0. The van der Waals surface area contributed by atoms with Gasteiger partial charge in [-0.15, -0.1) is 0 Å². The number of carbonyl (C=O) groups excluding carboxylic acids is 1. The fourth-order valence-corrected chi connectivity index (χ4v) is 3.00. The summed E-state index contributed by atoms with van der Waals surface area (Å²) in [5, 5.41) is 5.67. The van der Waals surface area contributed by atoms with E-state index in [0.29, 0.717) is 6.54 Å². The van der Waals surface area contributed by atoms with Gasteiger partial charge in [-0.3, -0.25) is 4.98 Å². The molecule has 1 aliphatic heterocycles. The Morgan fingerprint density at radius 1 is 1.20 bits per heavy atom. The summed E-state index contributed by atoms with van der Waals surface area (Å²) in [5.41, 5.74) is 2.87. The number of pyridine rings is 1. The van der Waals surface area contributed by atoms with Crippen molar-refractivity contribution in [2.24, 2.45) is 0 Å². The van der Waals surface area contributed by atoms with Crippen molar-refractivity contribution in [3.63, 3.8) is 0 Å². The Hall–Kier alpha value is -2.60. The number of morpholine rings is 1. The molecule has 1 fully saturated rings. The lowest BCUT2D eigenvalue weighted by Gasteiger charge is -2.36. The first-order valence-corrected chi connectivity index (χ1v) is 8.54. The minimum Gasteiger partial charge on any atom is -0.372 e. The summed E-state index contributed by atoms with van der Waals surface area (Å²) in [5.74, 6) is 0. The van der Waals surface area contributed by atoms with E-state index in [1.54, 1.807) is 12.4 Å². The standard InChI is InChI=1S/C19H24N4O2/c1-14-12-23(13-15(2)25-14)18-7-5-17(6-8-18)22-19(24)21-11-16-4-3-9-20-10-16/h3-10,14-15H,11-13H2,1-2H3,(H2,21,22,24)/t14-,15+. The van der Waals surface area contributed by atoms with Crippen molar-refractivity contribution >= 4 is 17.4 Å². The van der Waals surface area contributed by atoms with Crippen molar-refractivity contribution in [2.75, 3.05) is 23.3 Å². The molecule has 6 nitrogen and oxygen atoms in total. The number of nitrogens with zero attached hydrogens (tertiary/aromatic N) is 2. The molecule has 2 aromatic rings. The molecule has 2 amide bonds. The lowest BCUT2D eigenvalue weighted by Crippen LogP contribution is -2.45. The Labute approximate surface area is 148 Å². The monoisotopic (exact) mass is 340 g/mol. The summed E-state index contributed by atoms with van der Waals surface area (Å²) in [6, 6.07) is 11.4. The Kier molecular flexibility index (Phi) is 5.50. The van der Waals surface area contributed by atoms with Crippen molar-refractivity contribution in [3.05, 3.63) is 54.4 Å². The molecule has 0 aliphatic carbocycles. The van der Waals surface area contributed by atoms with E-state index in [4.69, 9.17) is 4.74 Å². The molecule has 132 valence electrons. The van der Waals surface area contributed by atoms with Gasteiger partial charge in [-0.2, -0.15) is 0 Å². The van der Waals surface area contributed by atoms with Gasteiger partial charge in [0.25, 0.3) is 0 Å². The normalized spacial score (nSPS) is 20.2. The molecule has 1 aliphatic rings. The van der Waals surface area contributed by atoms with Crippen molar-refractivity contribution in [1.29, 1.82) is 0 Å². The zero-order chi connectivity index (χ0) is 17.6. The number of urea groups is 1. The van der Waals surface area contributed by atoms with Gasteiger partial charge in [-0.25, -0.2) is 4.79 Å². The van der Waals surface area contributed by atoms with E-state index in [1.165, 1.54) is 0 Å². The second-order valence-corrected chi connectivity index (χ2v) is 6.38. The molecule has 25 heavy (non-hydrogen) atoms. The van der Waals surface area contributed by atoms with Crippen LogP contribution in [0.3, 0.4) is 0 Å². The van der Waals surface area contributed by atoms with Crippen LogP contribution < -0.4 is 15.5 Å². The van der Waals surface area contributed by atoms with E-state index in [9.17, 15) is 4.79 Å². The largest absolute Gasteiger partial charge is 0.372 e. The highest BCUT2D eigenvalue weighted by Crippen LogP contribution is 2.22. The van der Waals surface area contributed by atoms with Gasteiger partial charge in [0, 0.05) is 43.4 Å². The molecule has 3 rings (SSSR count). The molecule has 0 spiro atoms. The molecule has 0 bridgehead atoms. The van der Waals surface area contributed by atoms with E-state index in [1.807, 2.05) is 36.4 Å². The van der Waals surface area contributed by atoms with Crippen LogP contribution in [0.25, 0.3) is 0 Å². The van der Waals surface area contributed by atoms with Crippen LogP contribution in [0.2, 0.25) is 0 Å². The number of carbonyl (C=O) groups is 1. The molecule has 2 N–H and O–H groups in total. The Morgan fingerprint density at radius 2 is 1.92 bits per heavy atom. The third kappa shape index (κ3) is 4.93. The van der Waals surface area contributed by atoms with Gasteiger partial charge >= 0.3 is 6.03 Å². The lowest BCUT2D eigenvalue weighted by molar-refractivity contribution is -0.00521. The lowest BCUT2D eigenvalue weighted by atomic mass is 10.2. The predicted octanol–water partition coefficient (Wildman–Crippen LogP) is 3.02. The molecule has 6 heteroatoms. The SMILES string of the molecule is C[C@@H]1CN(c2ccc(NC(=O)NCc3cccnc3)cc2)C[C@H](C)O1. The number of rotatable bonds is 4. The summed E-state index contributed by atoms with van der Waals surface area (Å²) in [7, 11) is 0. The number of benzene rings is 1. The highest BCUT2D eigenvalue weighted by Gasteiger charge is 2.22. The van der Waals surface area contributed by atoms with Gasteiger partial charge in [-0.1, -0.05) is 6.07 Å². The van der Waals surface area contributed by atoms with Crippen molar-refractivity contribution in [1.82, 2.24) is 10.3 Å². The average Bonchev–Trinajstić information content (AvgIpc) is 2.61. The van der Waals surface area contributed by atoms with Crippen LogP contribution >= 0.6 is 0 Å². The summed E-state index contributed by atoms with van der Waals surface area (Å²) >= 11 is 0. The van der Waals surface area contributed by atoms with Crippen molar-refractivity contribution in [2.45, 2.75) is 32.6 Å². The number of ether oxygens (including phenoxy) is 1. The van der Waals surface area contributed by atoms with Gasteiger partial charge in [0.1, 0.15) is 0 Å². The Bertz CT molecular complexity index is 680. The van der Waals surface area contributed by atoms with Crippen LogP contribution in [0.5, 0.6) is 0 Å². The second kappa shape index (κ2) is 7.98. The highest BCUT2D eigenvalue weighted by molar-refractivity contribution is 5.89. The van der Waals surface area contributed by atoms with Crippen LogP contribution in [0.4, 0.5) is 16.2 Å². The Balaban J connectivity index is 1.52. The van der Waals surface area contributed by atoms with E-state index in [-0.39, 0.29) is 18.2 Å². The molecule has 0 radical (unpaired) electrons. The number of amides is 2. The number of nitrogens with one attached hydrogen (secondary N) is 2. The zero-order valence-electron chi connectivity index (χ0n) is 14.6. The van der Waals surface area contributed by atoms with Gasteiger partial charge < -0.3 is 20.3 Å². The molecule has 1 aromatic heterocycles. The zero-order valence-corrected chi connectivity index (χ0v) is 14.6. The number of anilines is 2. The molecule has 1 aromatic carbocycles. The second-order valence-electron chi connectivity index (χ2n) is 6.38. The molecule has 0 unspecified atom stereocenters. The molecule has 0 saturated carbocycles. The third-order valence-corrected chi connectivity index (χ3v) is 4.09. The fraction of sp³-hybridized carbons (Fsp3) is 0.368. The van der Waals surface area contributed by atoms with Crippen molar-refractivity contribution in [3.8, 4) is 0 Å². The molecule has 2 heterocycles. The summed E-state index contributed by atoms with van der Waals surface area (Å²) in [6.07, 6.45) is 3.89.